The highest BCUT2D eigenvalue weighted by atomic mass is 35.5. The molecular weight excluding hydrogens is 380 g/mol. The summed E-state index contributed by atoms with van der Waals surface area (Å²) < 4.78 is 0. The lowest BCUT2D eigenvalue weighted by molar-refractivity contribution is -0.121. The number of carbonyl (C=O) groups excluding carboxylic acids is 3. The number of amides is 4. The molecule has 0 aliphatic rings. The first kappa shape index (κ1) is 21.4. The number of urea groups is 1. The van der Waals surface area contributed by atoms with Crippen molar-refractivity contribution in [3.05, 3.63) is 58.6 Å². The van der Waals surface area contributed by atoms with Gasteiger partial charge in [0, 0.05) is 5.69 Å². The van der Waals surface area contributed by atoms with Crippen LogP contribution in [0.2, 0.25) is 5.02 Å². The van der Waals surface area contributed by atoms with E-state index in [-0.39, 0.29) is 19.0 Å². The number of nitrogens with zero attached hydrogens (tertiary/aromatic N) is 1. The molecular formula is C20H23ClN4O3. The van der Waals surface area contributed by atoms with Crippen molar-refractivity contribution in [3.63, 3.8) is 0 Å². The van der Waals surface area contributed by atoms with Crippen molar-refractivity contribution in [2.45, 2.75) is 13.8 Å². The van der Waals surface area contributed by atoms with Gasteiger partial charge in [-0.15, -0.1) is 0 Å². The van der Waals surface area contributed by atoms with Gasteiger partial charge >= 0.3 is 6.03 Å². The number of hydrogen-bond donors (Lipinski definition) is 3. The molecule has 7 nitrogen and oxygen atoms in total. The molecule has 0 heterocycles. The predicted molar refractivity (Wildman–Crippen MR) is 111 cm³/mol. The molecule has 0 aliphatic heterocycles. The van der Waals surface area contributed by atoms with E-state index in [9.17, 15) is 14.4 Å². The monoisotopic (exact) mass is 402 g/mol. The summed E-state index contributed by atoms with van der Waals surface area (Å²) >= 11 is 6.00. The average molecular weight is 403 g/mol. The van der Waals surface area contributed by atoms with Crippen molar-refractivity contribution in [1.82, 2.24) is 10.2 Å². The molecule has 0 radical (unpaired) electrons. The molecule has 3 N–H and O–H groups in total. The Bertz CT molecular complexity index is 886. The van der Waals surface area contributed by atoms with Gasteiger partial charge in [0.15, 0.2) is 0 Å². The van der Waals surface area contributed by atoms with Crippen molar-refractivity contribution in [1.29, 1.82) is 0 Å². The zero-order valence-electron chi connectivity index (χ0n) is 16.0. The SMILES string of the molecule is Cc1cccc(NC(=O)NC(=O)CN(C)CC(=O)Nc2ccccc2Cl)c1C. The molecule has 0 saturated carbocycles. The van der Waals surface area contributed by atoms with E-state index >= 15 is 0 Å². The van der Waals surface area contributed by atoms with Crippen LogP contribution in [0.1, 0.15) is 11.1 Å². The molecule has 0 saturated heterocycles. The first-order chi connectivity index (χ1) is 13.3. The van der Waals surface area contributed by atoms with E-state index in [1.54, 1.807) is 37.4 Å². The van der Waals surface area contributed by atoms with Gasteiger partial charge in [-0.25, -0.2) is 4.79 Å². The van der Waals surface area contributed by atoms with Crippen LogP contribution in [0.25, 0.3) is 0 Å². The molecule has 2 rings (SSSR count). The summed E-state index contributed by atoms with van der Waals surface area (Å²) in [7, 11) is 1.61. The lowest BCUT2D eigenvalue weighted by atomic mass is 10.1. The summed E-state index contributed by atoms with van der Waals surface area (Å²) in [6.07, 6.45) is 0. The Morgan fingerprint density at radius 1 is 0.893 bits per heavy atom. The largest absolute Gasteiger partial charge is 0.325 e. The number of benzene rings is 2. The number of rotatable bonds is 6. The average Bonchev–Trinajstić information content (AvgIpc) is 2.60. The second kappa shape index (κ2) is 9.87. The van der Waals surface area contributed by atoms with Crippen LogP contribution in [-0.4, -0.2) is 42.9 Å². The maximum absolute atomic E-state index is 12.1. The van der Waals surface area contributed by atoms with Crippen molar-refractivity contribution >= 4 is 40.8 Å². The number of aryl methyl sites for hydroxylation is 1. The zero-order chi connectivity index (χ0) is 20.7. The van der Waals surface area contributed by atoms with Gasteiger partial charge in [-0.1, -0.05) is 35.9 Å². The highest BCUT2D eigenvalue weighted by Crippen LogP contribution is 2.20. The number of likely N-dealkylation sites (N-methyl/N-ethyl adjacent to an activating group) is 1. The summed E-state index contributed by atoms with van der Waals surface area (Å²) in [4.78, 5) is 37.6. The van der Waals surface area contributed by atoms with Gasteiger partial charge in [-0.2, -0.15) is 0 Å². The van der Waals surface area contributed by atoms with Crippen molar-refractivity contribution in [2.75, 3.05) is 30.8 Å². The Morgan fingerprint density at radius 3 is 2.25 bits per heavy atom. The first-order valence-corrected chi connectivity index (χ1v) is 9.04. The molecule has 2 aromatic carbocycles. The number of hydrogen-bond acceptors (Lipinski definition) is 4. The maximum Gasteiger partial charge on any atom is 0.325 e. The topological polar surface area (TPSA) is 90.5 Å². The molecule has 0 aromatic heterocycles. The van der Waals surface area contributed by atoms with Gasteiger partial charge in [-0.3, -0.25) is 19.8 Å². The molecule has 4 amide bonds. The molecule has 0 fully saturated rings. The van der Waals surface area contributed by atoms with E-state index in [1.807, 2.05) is 26.0 Å². The fraction of sp³-hybridized carbons (Fsp3) is 0.250. The molecule has 0 unspecified atom stereocenters. The highest BCUT2D eigenvalue weighted by molar-refractivity contribution is 6.33. The summed E-state index contributed by atoms with van der Waals surface area (Å²) in [5.74, 6) is -0.834. The Kier molecular flexibility index (Phi) is 7.54. The third-order valence-corrected chi connectivity index (χ3v) is 4.41. The quantitative estimate of drug-likeness (QED) is 0.692. The number of para-hydroxylation sites is 1. The number of nitrogens with one attached hydrogen (secondary N) is 3. The minimum Gasteiger partial charge on any atom is -0.324 e. The molecule has 0 bridgehead atoms. The third-order valence-electron chi connectivity index (χ3n) is 4.08. The molecule has 148 valence electrons. The molecule has 0 aliphatic carbocycles. The van der Waals surface area contributed by atoms with Crippen LogP contribution in [0.3, 0.4) is 0 Å². The summed E-state index contributed by atoms with van der Waals surface area (Å²) in [5.41, 5.74) is 3.10. The normalized spacial score (nSPS) is 10.5. The first-order valence-electron chi connectivity index (χ1n) is 8.66. The number of halogens is 1. The van der Waals surface area contributed by atoms with Crippen LogP contribution in [0.4, 0.5) is 16.2 Å². The van der Waals surface area contributed by atoms with Crippen LogP contribution >= 0.6 is 11.6 Å². The Labute approximate surface area is 169 Å². The van der Waals surface area contributed by atoms with E-state index in [1.165, 1.54) is 4.90 Å². The minimum atomic E-state index is -0.618. The molecule has 28 heavy (non-hydrogen) atoms. The lowest BCUT2D eigenvalue weighted by Gasteiger charge is -2.16. The Hall–Kier alpha value is -2.90. The highest BCUT2D eigenvalue weighted by Gasteiger charge is 2.14. The smallest absolute Gasteiger partial charge is 0.324 e. The van der Waals surface area contributed by atoms with E-state index < -0.39 is 11.9 Å². The third kappa shape index (κ3) is 6.37. The molecule has 8 heteroatoms. The van der Waals surface area contributed by atoms with E-state index in [0.29, 0.717) is 16.4 Å². The van der Waals surface area contributed by atoms with Gasteiger partial charge in [-0.05, 0) is 50.2 Å². The minimum absolute atomic E-state index is 0.0305. The van der Waals surface area contributed by atoms with E-state index in [0.717, 1.165) is 11.1 Å². The van der Waals surface area contributed by atoms with Crippen LogP contribution in [0.15, 0.2) is 42.5 Å². The summed E-state index contributed by atoms with van der Waals surface area (Å²) in [5, 5.41) is 8.01. The second-order valence-electron chi connectivity index (χ2n) is 6.45. The van der Waals surface area contributed by atoms with Gasteiger partial charge < -0.3 is 10.6 Å². The lowest BCUT2D eigenvalue weighted by Crippen LogP contribution is -2.42. The van der Waals surface area contributed by atoms with Crippen molar-refractivity contribution in [3.8, 4) is 0 Å². The molecule has 2 aromatic rings. The van der Waals surface area contributed by atoms with Gasteiger partial charge in [0.25, 0.3) is 0 Å². The van der Waals surface area contributed by atoms with Crippen LogP contribution in [0.5, 0.6) is 0 Å². The Balaban J connectivity index is 1.80. The van der Waals surface area contributed by atoms with Gasteiger partial charge in [0.1, 0.15) is 0 Å². The fourth-order valence-corrected chi connectivity index (χ4v) is 2.69. The summed E-state index contributed by atoms with van der Waals surface area (Å²) in [6, 6.07) is 11.8. The fourth-order valence-electron chi connectivity index (χ4n) is 2.50. The zero-order valence-corrected chi connectivity index (χ0v) is 16.8. The second-order valence-corrected chi connectivity index (χ2v) is 6.86. The molecule has 0 spiro atoms. The van der Waals surface area contributed by atoms with Crippen LogP contribution in [-0.2, 0) is 9.59 Å². The van der Waals surface area contributed by atoms with Gasteiger partial charge in [0.2, 0.25) is 11.8 Å². The van der Waals surface area contributed by atoms with E-state index in [4.69, 9.17) is 11.6 Å². The number of anilines is 2. The van der Waals surface area contributed by atoms with Crippen molar-refractivity contribution < 1.29 is 14.4 Å². The number of imide groups is 1. The number of carbonyl (C=O) groups is 3. The van der Waals surface area contributed by atoms with Crippen LogP contribution in [0, 0.1) is 13.8 Å². The predicted octanol–water partition coefficient (Wildman–Crippen LogP) is 3.18. The Morgan fingerprint density at radius 2 is 1.54 bits per heavy atom. The van der Waals surface area contributed by atoms with Gasteiger partial charge in [0.05, 0.1) is 23.8 Å². The van der Waals surface area contributed by atoms with Crippen molar-refractivity contribution in [2.24, 2.45) is 0 Å². The van der Waals surface area contributed by atoms with E-state index in [2.05, 4.69) is 16.0 Å². The van der Waals surface area contributed by atoms with Crippen LogP contribution < -0.4 is 16.0 Å². The molecule has 0 atom stereocenters. The summed E-state index contributed by atoms with van der Waals surface area (Å²) in [6.45, 7) is 3.68. The standard InChI is InChI=1S/C20H23ClN4O3/c1-13-7-6-10-16(14(13)2)23-20(28)24-19(27)12-25(3)11-18(26)22-17-9-5-4-8-15(17)21/h4-10H,11-12H2,1-3H3,(H,22,26)(H2,23,24,27,28). The maximum atomic E-state index is 12.1.